The summed E-state index contributed by atoms with van der Waals surface area (Å²) in [6.45, 7) is 4.53. The van der Waals surface area contributed by atoms with E-state index in [1.165, 1.54) is 17.0 Å². The van der Waals surface area contributed by atoms with E-state index in [2.05, 4.69) is 61.9 Å². The first-order valence-electron chi connectivity index (χ1n) is 7.15. The lowest BCUT2D eigenvalue weighted by Gasteiger charge is -2.15. The van der Waals surface area contributed by atoms with E-state index in [9.17, 15) is 0 Å². The molecule has 0 bridgehead atoms. The summed E-state index contributed by atoms with van der Waals surface area (Å²) >= 11 is 6.23. The molecule has 0 saturated heterocycles. The maximum absolute atomic E-state index is 6.23. The summed E-state index contributed by atoms with van der Waals surface area (Å²) in [5.74, 6) is 0. The predicted molar refractivity (Wildman–Crippen MR) is 90.8 cm³/mol. The van der Waals surface area contributed by atoms with Gasteiger partial charge in [-0.05, 0) is 31.6 Å². The van der Waals surface area contributed by atoms with Crippen LogP contribution in [-0.2, 0) is 5.41 Å². The van der Waals surface area contributed by atoms with Gasteiger partial charge in [0.15, 0.2) is 5.71 Å². The van der Waals surface area contributed by atoms with Gasteiger partial charge in [0.05, 0.1) is 5.41 Å². The van der Waals surface area contributed by atoms with Crippen molar-refractivity contribution in [1.29, 1.82) is 0 Å². The van der Waals surface area contributed by atoms with Crippen molar-refractivity contribution in [1.82, 2.24) is 0 Å². The molecule has 2 heteroatoms. The third-order valence-electron chi connectivity index (χ3n) is 4.27. The average Bonchev–Trinajstić information content (AvgIpc) is 2.67. The lowest BCUT2D eigenvalue weighted by Crippen LogP contribution is -2.26. The monoisotopic (exact) mass is 296 g/mol. The van der Waals surface area contributed by atoms with Crippen molar-refractivity contribution in [2.45, 2.75) is 19.3 Å². The quantitative estimate of drug-likeness (QED) is 0.682. The van der Waals surface area contributed by atoms with E-state index in [1.807, 2.05) is 24.3 Å². The highest BCUT2D eigenvalue weighted by atomic mass is 35.5. The number of allylic oxidation sites excluding steroid dienone is 1. The molecular formula is C19H19ClN+. The minimum absolute atomic E-state index is 0.00308. The van der Waals surface area contributed by atoms with E-state index in [-0.39, 0.29) is 5.41 Å². The fourth-order valence-electron chi connectivity index (χ4n) is 3.08. The molecule has 0 fully saturated rings. The summed E-state index contributed by atoms with van der Waals surface area (Å²) in [7, 11) is 2.12. The van der Waals surface area contributed by atoms with E-state index in [0.717, 1.165) is 10.6 Å². The summed E-state index contributed by atoms with van der Waals surface area (Å²) in [6, 6.07) is 16.5. The zero-order valence-electron chi connectivity index (χ0n) is 12.6. The molecule has 1 nitrogen and oxygen atoms in total. The molecule has 0 atom stereocenters. The molecule has 2 aromatic rings. The number of hydrogen-bond acceptors (Lipinski definition) is 0. The molecule has 1 heterocycles. The van der Waals surface area contributed by atoms with Crippen LogP contribution in [0, 0.1) is 0 Å². The van der Waals surface area contributed by atoms with Gasteiger partial charge in [0.25, 0.3) is 0 Å². The van der Waals surface area contributed by atoms with Crippen LogP contribution in [0.2, 0.25) is 5.02 Å². The first kappa shape index (κ1) is 14.1. The van der Waals surface area contributed by atoms with E-state index in [1.54, 1.807) is 0 Å². The van der Waals surface area contributed by atoms with Gasteiger partial charge in [0, 0.05) is 22.7 Å². The molecule has 0 unspecified atom stereocenters. The number of benzene rings is 2. The van der Waals surface area contributed by atoms with Gasteiger partial charge in [-0.15, -0.1) is 0 Å². The molecule has 21 heavy (non-hydrogen) atoms. The maximum Gasteiger partial charge on any atom is 0.209 e. The maximum atomic E-state index is 6.23. The molecule has 0 saturated carbocycles. The Labute approximate surface area is 131 Å². The van der Waals surface area contributed by atoms with Crippen molar-refractivity contribution >= 4 is 29.1 Å². The van der Waals surface area contributed by atoms with Crippen LogP contribution < -0.4 is 0 Å². The lowest BCUT2D eigenvalue weighted by atomic mass is 9.81. The Hall–Kier alpha value is -1.86. The van der Waals surface area contributed by atoms with Gasteiger partial charge in [-0.25, -0.2) is 0 Å². The van der Waals surface area contributed by atoms with Crippen molar-refractivity contribution in [3.63, 3.8) is 0 Å². The zero-order valence-corrected chi connectivity index (χ0v) is 13.4. The second kappa shape index (κ2) is 5.16. The Kier molecular flexibility index (Phi) is 3.46. The van der Waals surface area contributed by atoms with Crippen LogP contribution in [0.4, 0.5) is 5.69 Å². The smallest absolute Gasteiger partial charge is 0.198 e. The summed E-state index contributed by atoms with van der Waals surface area (Å²) in [5.41, 5.74) is 4.98. The first-order valence-corrected chi connectivity index (χ1v) is 7.53. The number of para-hydroxylation sites is 1. The highest BCUT2D eigenvalue weighted by molar-refractivity contribution is 6.32. The molecule has 0 amide bonds. The van der Waals surface area contributed by atoms with E-state index in [0.29, 0.717) is 0 Å². The number of halogens is 1. The van der Waals surface area contributed by atoms with Crippen molar-refractivity contribution in [3.05, 3.63) is 70.8 Å². The van der Waals surface area contributed by atoms with Crippen LogP contribution in [0.3, 0.4) is 0 Å². The SMILES string of the molecule is C[N+]1=C(/C=C\c2ccccc2Cl)C(C)(C)c2ccccc21. The predicted octanol–water partition coefficient (Wildman–Crippen LogP) is 5.06. The van der Waals surface area contributed by atoms with Crippen molar-refractivity contribution in [2.24, 2.45) is 0 Å². The van der Waals surface area contributed by atoms with Gasteiger partial charge in [-0.2, -0.15) is 4.58 Å². The van der Waals surface area contributed by atoms with Crippen LogP contribution in [0.5, 0.6) is 0 Å². The van der Waals surface area contributed by atoms with Gasteiger partial charge in [-0.1, -0.05) is 48.0 Å². The van der Waals surface area contributed by atoms with Gasteiger partial charge >= 0.3 is 0 Å². The zero-order chi connectivity index (χ0) is 15.0. The van der Waals surface area contributed by atoms with E-state index < -0.39 is 0 Å². The Bertz CT molecular complexity index is 754. The summed E-state index contributed by atoms with van der Waals surface area (Å²) in [5, 5.41) is 0.783. The second-order valence-electron chi connectivity index (χ2n) is 5.94. The molecule has 2 aromatic carbocycles. The lowest BCUT2D eigenvalue weighted by molar-refractivity contribution is -0.401. The van der Waals surface area contributed by atoms with E-state index in [4.69, 9.17) is 11.6 Å². The molecule has 0 spiro atoms. The van der Waals surface area contributed by atoms with Gasteiger partial charge in [-0.3, -0.25) is 0 Å². The van der Waals surface area contributed by atoms with Gasteiger partial charge < -0.3 is 0 Å². The average molecular weight is 297 g/mol. The highest BCUT2D eigenvalue weighted by Gasteiger charge is 2.42. The van der Waals surface area contributed by atoms with Crippen molar-refractivity contribution in [2.75, 3.05) is 7.05 Å². The topological polar surface area (TPSA) is 3.01 Å². The van der Waals surface area contributed by atoms with Crippen LogP contribution >= 0.6 is 11.6 Å². The van der Waals surface area contributed by atoms with Crippen LogP contribution in [0.25, 0.3) is 6.08 Å². The molecule has 1 aliphatic rings. The third kappa shape index (κ3) is 2.32. The second-order valence-corrected chi connectivity index (χ2v) is 6.35. The van der Waals surface area contributed by atoms with Crippen LogP contribution in [-0.4, -0.2) is 17.3 Å². The minimum Gasteiger partial charge on any atom is -0.198 e. The molecule has 0 aliphatic carbocycles. The molecular weight excluding hydrogens is 278 g/mol. The standard InChI is InChI=1S/C19H19ClN/c1-19(2)15-9-5-7-11-17(15)21(3)18(19)13-12-14-8-4-6-10-16(14)20/h4-13H,1-3H3/q+1/b13-12-. The largest absolute Gasteiger partial charge is 0.209 e. The summed E-state index contributed by atoms with van der Waals surface area (Å²) in [4.78, 5) is 0. The molecule has 1 aliphatic heterocycles. The summed E-state index contributed by atoms with van der Waals surface area (Å²) in [6.07, 6.45) is 4.28. The molecule has 0 N–H and O–H groups in total. The Morgan fingerprint density at radius 2 is 1.62 bits per heavy atom. The number of fused-ring (bicyclic) bond motifs is 1. The number of hydrogen-bond donors (Lipinski definition) is 0. The van der Waals surface area contributed by atoms with Crippen LogP contribution in [0.1, 0.15) is 25.0 Å². The molecule has 106 valence electrons. The Balaban J connectivity index is 2.04. The first-order chi connectivity index (χ1) is 10.0. The Morgan fingerprint density at radius 3 is 2.33 bits per heavy atom. The third-order valence-corrected chi connectivity index (χ3v) is 4.61. The van der Waals surface area contributed by atoms with E-state index >= 15 is 0 Å². The number of rotatable bonds is 2. The molecule has 0 radical (unpaired) electrons. The Morgan fingerprint density at radius 1 is 0.952 bits per heavy atom. The fraction of sp³-hybridized carbons (Fsp3) is 0.211. The molecule has 0 aromatic heterocycles. The minimum atomic E-state index is 0.00308. The molecule has 3 rings (SSSR count). The van der Waals surface area contributed by atoms with Gasteiger partial charge in [0.2, 0.25) is 5.69 Å². The summed E-state index contributed by atoms with van der Waals surface area (Å²) < 4.78 is 2.27. The van der Waals surface area contributed by atoms with Crippen molar-refractivity contribution in [3.8, 4) is 0 Å². The normalized spacial score (nSPS) is 16.6. The number of nitrogens with zero attached hydrogens (tertiary/aromatic N) is 1. The van der Waals surface area contributed by atoms with Crippen molar-refractivity contribution < 1.29 is 4.58 Å². The fourth-order valence-corrected chi connectivity index (χ4v) is 3.28. The highest BCUT2D eigenvalue weighted by Crippen LogP contribution is 2.39. The van der Waals surface area contributed by atoms with Gasteiger partial charge in [0.1, 0.15) is 7.05 Å². The van der Waals surface area contributed by atoms with Crippen LogP contribution in [0.15, 0.2) is 54.6 Å².